The van der Waals surface area contributed by atoms with Crippen LogP contribution in [0, 0.1) is 40.9 Å². The average Bonchev–Trinajstić information content (AvgIpc) is 3.17. The first-order chi connectivity index (χ1) is 19.7. The molecule has 10 atom stereocenters. The van der Waals surface area contributed by atoms with Gasteiger partial charge in [-0.05, 0) is 18.8 Å². The van der Waals surface area contributed by atoms with E-state index in [0.717, 1.165) is 0 Å². The monoisotopic (exact) mass is 608 g/mol. The quantitative estimate of drug-likeness (QED) is 0.222. The van der Waals surface area contributed by atoms with Crippen LogP contribution in [0.25, 0.3) is 0 Å². The average molecular weight is 609 g/mol. The number of aliphatic hydroxyl groups is 3. The maximum absolute atomic E-state index is 13.9. The summed E-state index contributed by atoms with van der Waals surface area (Å²) in [6.45, 7) is 20.6. The van der Waals surface area contributed by atoms with Crippen molar-refractivity contribution in [2.24, 2.45) is 40.9 Å². The summed E-state index contributed by atoms with van der Waals surface area (Å²) >= 11 is 0. The fourth-order valence-electron chi connectivity index (χ4n) is 5.60. The topological polar surface area (TPSA) is 157 Å². The third-order valence-electron chi connectivity index (χ3n) is 8.92. The molecule has 43 heavy (non-hydrogen) atoms. The number of carbonyl (C=O) groups excluding carboxylic acids is 4. The van der Waals surface area contributed by atoms with Crippen molar-refractivity contribution >= 4 is 23.7 Å². The number of Topliss-reactive ketones (excluding diaryl/α,β-unsaturated/α-hetero) is 1. The van der Waals surface area contributed by atoms with Gasteiger partial charge in [-0.25, -0.2) is 0 Å². The Labute approximate surface area is 255 Å². The molecule has 244 valence electrons. The summed E-state index contributed by atoms with van der Waals surface area (Å²) in [4.78, 5) is 53.3. The third-order valence-corrected chi connectivity index (χ3v) is 8.92. The summed E-state index contributed by atoms with van der Waals surface area (Å²) in [5, 5.41) is 35.3. The van der Waals surface area contributed by atoms with Crippen LogP contribution in [0.2, 0.25) is 0 Å². The Bertz CT molecular complexity index is 1090. The Balaban J connectivity index is 2.95. The molecule has 10 nitrogen and oxygen atoms in total. The molecule has 0 spiro atoms. The maximum atomic E-state index is 13.9. The van der Waals surface area contributed by atoms with Crippen LogP contribution < -0.4 is 0 Å². The molecule has 2 rings (SSSR count). The first-order valence-electron chi connectivity index (χ1n) is 15.3. The predicted octanol–water partition coefficient (Wildman–Crippen LogP) is 3.55. The van der Waals surface area contributed by atoms with Crippen LogP contribution in [0.1, 0.15) is 82.1 Å². The Morgan fingerprint density at radius 1 is 0.953 bits per heavy atom. The highest BCUT2D eigenvalue weighted by atomic mass is 16.6. The van der Waals surface area contributed by atoms with Crippen molar-refractivity contribution in [3.05, 3.63) is 24.3 Å². The number of ether oxygens (including phenoxy) is 3. The van der Waals surface area contributed by atoms with Gasteiger partial charge in [-0.15, -0.1) is 0 Å². The molecule has 0 aromatic heterocycles. The number of ketones is 1. The molecule has 10 heteroatoms. The fourth-order valence-corrected chi connectivity index (χ4v) is 5.60. The number of hydrogen-bond donors (Lipinski definition) is 3. The van der Waals surface area contributed by atoms with Gasteiger partial charge < -0.3 is 29.5 Å². The number of aliphatic hydroxyl groups excluding tert-OH is 2. The second-order valence-electron chi connectivity index (χ2n) is 13.7. The van der Waals surface area contributed by atoms with Gasteiger partial charge in [0.2, 0.25) is 0 Å². The zero-order valence-corrected chi connectivity index (χ0v) is 27.3. The zero-order chi connectivity index (χ0) is 33.2. The Hall–Kier alpha value is -2.56. The maximum Gasteiger partial charge on any atom is 0.309 e. The van der Waals surface area contributed by atoms with E-state index in [-0.39, 0.29) is 12.0 Å². The van der Waals surface area contributed by atoms with Crippen LogP contribution in [0.4, 0.5) is 0 Å². The Kier molecular flexibility index (Phi) is 12.0. The number of hydrogen-bond acceptors (Lipinski definition) is 10. The third kappa shape index (κ3) is 7.75. The predicted molar refractivity (Wildman–Crippen MR) is 159 cm³/mol. The normalized spacial score (nSPS) is 36.3. The summed E-state index contributed by atoms with van der Waals surface area (Å²) in [6, 6.07) is 0. The first kappa shape index (κ1) is 36.6. The van der Waals surface area contributed by atoms with Gasteiger partial charge in [0.15, 0.2) is 18.0 Å². The van der Waals surface area contributed by atoms with Gasteiger partial charge in [0.1, 0.15) is 17.8 Å². The Morgan fingerprint density at radius 3 is 1.95 bits per heavy atom. The lowest BCUT2D eigenvalue weighted by Gasteiger charge is -2.43. The van der Waals surface area contributed by atoms with Gasteiger partial charge in [0.05, 0.1) is 29.8 Å². The van der Waals surface area contributed by atoms with E-state index in [4.69, 9.17) is 14.2 Å². The van der Waals surface area contributed by atoms with Crippen LogP contribution in [0.15, 0.2) is 24.3 Å². The van der Waals surface area contributed by atoms with Gasteiger partial charge in [0.25, 0.3) is 0 Å². The summed E-state index contributed by atoms with van der Waals surface area (Å²) in [6.07, 6.45) is -4.00. The SMILES string of the molecule is C=C1[C@H](OC(=O)C(C)C)[C@@H](OC(=O)[C@H](C)CC)[C@@H](O)C(C)(C)/C=C/[C@H](C)C(=O)[C@@]2(O)C[C@H](C)[C@H](O)[C@@H]2[C@H]1OC(=O)C(C)C. The van der Waals surface area contributed by atoms with E-state index >= 15 is 0 Å². The minimum atomic E-state index is -2.15. The summed E-state index contributed by atoms with van der Waals surface area (Å²) in [5.74, 6) is -7.34. The number of carbonyl (C=O) groups is 4. The molecule has 0 amide bonds. The fraction of sp³-hybridized carbons (Fsp3) is 0.758. The van der Waals surface area contributed by atoms with Crippen LogP contribution in [-0.4, -0.2) is 75.1 Å². The number of fused-ring (bicyclic) bond motifs is 1. The van der Waals surface area contributed by atoms with Crippen LogP contribution in [0.3, 0.4) is 0 Å². The smallest absolute Gasteiger partial charge is 0.309 e. The Morgan fingerprint density at radius 2 is 1.47 bits per heavy atom. The lowest BCUT2D eigenvalue weighted by molar-refractivity contribution is -0.188. The van der Waals surface area contributed by atoms with Gasteiger partial charge in [-0.1, -0.05) is 88.0 Å². The molecular formula is C33H52O10. The molecule has 0 aromatic rings. The minimum Gasteiger partial charge on any atom is -0.457 e. The van der Waals surface area contributed by atoms with Crippen molar-refractivity contribution in [2.45, 2.75) is 118 Å². The largest absolute Gasteiger partial charge is 0.457 e. The molecule has 2 aliphatic carbocycles. The molecule has 2 aliphatic rings. The molecule has 0 heterocycles. The first-order valence-corrected chi connectivity index (χ1v) is 15.3. The highest BCUT2D eigenvalue weighted by Gasteiger charge is 2.61. The highest BCUT2D eigenvalue weighted by molar-refractivity contribution is 5.91. The van der Waals surface area contributed by atoms with E-state index in [1.165, 1.54) is 0 Å². The van der Waals surface area contributed by atoms with Crippen molar-refractivity contribution in [1.82, 2.24) is 0 Å². The standard InChI is InChI=1S/C33H52O10/c1-12-18(6)31(39)43-26-25(42-30(38)17(4)5)21(9)24(41-29(37)16(2)3)22-23(34)20(8)15-33(22,40)27(35)19(7)13-14-32(10,11)28(26)36/h13-14,16-20,22-26,28,34,36,40H,9,12,15H2,1-8,10-11H3/b14-13+/t18-,19+,20+,22-,23+,24+,25+,26-,28-,33-/m1/s1. The molecule has 1 fully saturated rings. The highest BCUT2D eigenvalue weighted by Crippen LogP contribution is 2.48. The van der Waals surface area contributed by atoms with E-state index in [2.05, 4.69) is 6.58 Å². The summed E-state index contributed by atoms with van der Waals surface area (Å²) in [5.41, 5.74) is -3.43. The molecule has 0 unspecified atom stereocenters. The van der Waals surface area contributed by atoms with E-state index in [9.17, 15) is 34.5 Å². The zero-order valence-electron chi connectivity index (χ0n) is 27.3. The van der Waals surface area contributed by atoms with Gasteiger partial charge in [-0.3, -0.25) is 19.2 Å². The van der Waals surface area contributed by atoms with Crippen molar-refractivity contribution in [3.63, 3.8) is 0 Å². The molecule has 3 N–H and O–H groups in total. The van der Waals surface area contributed by atoms with Crippen molar-refractivity contribution in [1.29, 1.82) is 0 Å². The van der Waals surface area contributed by atoms with Crippen molar-refractivity contribution in [2.75, 3.05) is 0 Å². The van der Waals surface area contributed by atoms with Crippen molar-refractivity contribution in [3.8, 4) is 0 Å². The van der Waals surface area contributed by atoms with E-state index in [1.807, 2.05) is 0 Å². The van der Waals surface area contributed by atoms with Crippen LogP contribution >= 0.6 is 0 Å². The number of allylic oxidation sites excluding steroid dienone is 1. The molecule has 0 aliphatic heterocycles. The van der Waals surface area contributed by atoms with Gasteiger partial charge >= 0.3 is 17.9 Å². The van der Waals surface area contributed by atoms with Crippen molar-refractivity contribution < 1.29 is 48.7 Å². The molecular weight excluding hydrogens is 556 g/mol. The lowest BCUT2D eigenvalue weighted by Crippen LogP contribution is -2.57. The number of esters is 3. The van der Waals surface area contributed by atoms with Gasteiger partial charge in [-0.2, -0.15) is 0 Å². The molecule has 0 radical (unpaired) electrons. The van der Waals surface area contributed by atoms with Crippen LogP contribution in [0.5, 0.6) is 0 Å². The molecule has 0 saturated heterocycles. The molecule has 0 bridgehead atoms. The second kappa shape index (κ2) is 14.0. The van der Waals surface area contributed by atoms with E-state index in [1.54, 1.807) is 81.4 Å². The summed E-state index contributed by atoms with van der Waals surface area (Å²) < 4.78 is 17.7. The molecule has 0 aromatic carbocycles. The number of rotatable bonds is 7. The minimum absolute atomic E-state index is 0.117. The van der Waals surface area contributed by atoms with E-state index < -0.39 is 101 Å². The summed E-state index contributed by atoms with van der Waals surface area (Å²) in [7, 11) is 0. The van der Waals surface area contributed by atoms with Crippen LogP contribution in [-0.2, 0) is 33.4 Å². The second-order valence-corrected chi connectivity index (χ2v) is 13.7. The van der Waals surface area contributed by atoms with E-state index in [0.29, 0.717) is 6.42 Å². The molecule has 1 saturated carbocycles. The van der Waals surface area contributed by atoms with Gasteiger partial charge in [0, 0.05) is 16.9 Å². The lowest BCUT2D eigenvalue weighted by atomic mass is 9.72.